The Hall–Kier alpha value is -5.80. The normalized spacial score (nSPS) is 15.7. The second kappa shape index (κ2) is 55.6. The summed E-state index contributed by atoms with van der Waals surface area (Å²) in [6.07, 6.45) is -2.72. The minimum Gasteiger partial charge on any atom is -0.508 e. The number of hydrogen-bond acceptors (Lipinski definition) is 35. The molecule has 3 rings (SSSR count). The number of benzene rings is 2. The van der Waals surface area contributed by atoms with E-state index in [-0.39, 0.29) is 67.4 Å². The van der Waals surface area contributed by atoms with Crippen LogP contribution >= 0.6 is 146 Å². The number of phenols is 2. The van der Waals surface area contributed by atoms with Crippen molar-refractivity contribution in [1.82, 2.24) is 68.8 Å². The number of rotatable bonds is 44. The lowest BCUT2D eigenvalue weighted by Crippen LogP contribution is -2.61. The van der Waals surface area contributed by atoms with Crippen molar-refractivity contribution in [2.45, 2.75) is 143 Å². The summed E-state index contributed by atoms with van der Waals surface area (Å²) < 4.78 is 4.72. The second-order valence-corrected chi connectivity index (χ2v) is 25.1. The van der Waals surface area contributed by atoms with Crippen LogP contribution in [0.15, 0.2) is 48.5 Å². The van der Waals surface area contributed by atoms with Crippen LogP contribution in [0, 0.1) is 0 Å². The number of carbonyl (C=O) groups excluding carboxylic acids is 16. The average molecular weight is 1730 g/mol. The summed E-state index contributed by atoms with van der Waals surface area (Å²) in [7, 11) is 1.09. The van der Waals surface area contributed by atoms with E-state index in [1.807, 2.05) is 0 Å². The van der Waals surface area contributed by atoms with E-state index in [4.69, 9.17) is 16.3 Å². The molecule has 2 aromatic carbocycles. The first-order chi connectivity index (χ1) is 50.8. The molecule has 0 bridgehead atoms. The van der Waals surface area contributed by atoms with Gasteiger partial charge in [-0.1, -0.05) is 24.3 Å². The van der Waals surface area contributed by atoms with Crippen molar-refractivity contribution in [2.75, 3.05) is 54.7 Å². The number of aldehydes is 1. The number of esters is 1. The van der Waals surface area contributed by atoms with Crippen molar-refractivity contribution in [1.29, 1.82) is 0 Å². The molecule has 35 nitrogen and oxygen atoms in total. The highest BCUT2D eigenvalue weighted by Crippen LogP contribution is 2.21. The summed E-state index contributed by atoms with van der Waals surface area (Å²) in [5, 5.41) is 56.6. The topological polar surface area (TPSA) is 543 Å². The van der Waals surface area contributed by atoms with Gasteiger partial charge in [-0.25, -0.2) is 5.43 Å². The summed E-state index contributed by atoms with van der Waals surface area (Å²) in [5.74, 6) is -11.5. The number of phenolic OH excluding ortho intramolecular Hbond substituents is 2. The number of likely N-dealkylation sites (tertiary alicyclic amines) is 1. The van der Waals surface area contributed by atoms with Crippen molar-refractivity contribution in [3.63, 3.8) is 0 Å². The number of carbonyl (C=O) groups is 16. The Morgan fingerprint density at radius 3 is 1.42 bits per heavy atom. The lowest BCUT2D eigenvalue weighted by atomic mass is 10.0. The van der Waals surface area contributed by atoms with Crippen LogP contribution in [-0.4, -0.2) is 254 Å². The average Bonchev–Trinajstić information content (AvgIpc) is 1.76. The van der Waals surface area contributed by atoms with Crippen LogP contribution < -0.4 is 75.5 Å². The van der Waals surface area contributed by atoms with Crippen molar-refractivity contribution in [2.24, 2.45) is 11.6 Å². The molecule has 14 atom stereocenters. The van der Waals surface area contributed by atoms with Crippen LogP contribution in [0.4, 0.5) is 0 Å². The molecule has 1 aliphatic heterocycles. The number of nitrogens with zero attached hydrogens (tertiary/aromatic N) is 1. The number of amides is 12. The highest BCUT2D eigenvalue weighted by molar-refractivity contribution is 8.60. The van der Waals surface area contributed by atoms with Crippen molar-refractivity contribution < 1.29 is 96.8 Å². The number of ketones is 2. The molecule has 0 aromatic heterocycles. The summed E-state index contributed by atoms with van der Waals surface area (Å²) in [4.78, 5) is 214. The quantitative estimate of drug-likeness (QED) is 0.00561. The third-order valence-electron chi connectivity index (χ3n) is 15.3. The highest BCUT2D eigenvalue weighted by atomic mass is 33.1. The standard InChI is InChI=1S/C60H87N15O20S6.3H2S2/c1-28(51(85)70-43(27-101)57(91)73-48(29(2)77)59(93)63-20-46(81)67-40(24-98)54(88)65-32(21-76)17-30-6-10-33(78)11-7-30)64-58(92)44-5-4-16-75(44)60(94)37(19-45(61)80)69-55(89)41(25-99)72-56(90)42(26-100)71-53(87)36(18-31-8-12-34(79)13-9-31)68-52(86)35(14-15-47(82)95-3)66-38(22-96)49(83)50(84)39(23-97)74-62;3*1-2/h6-13,21,28-29,32,35-44,48,66,74,77-79,96-101H,4-5,14-20,22-27,62H2,1-3H3,(H2,61,80)(H,63,93)(H,64,92)(H,65,88)(H,67,81)(H,68,86)(H,69,89)(H,70,85)(H,71,87)(H,72,90)(H,73,91);3*1-2H/t28?,29-,32+,35?,36+,37+,38+,39+,40?,41+,42+,43+,44+,48+;;;/m1.../s1. The first kappa shape index (κ1) is 101. The van der Waals surface area contributed by atoms with Crippen molar-refractivity contribution >= 4 is 240 Å². The fourth-order valence-electron chi connectivity index (χ4n) is 9.67. The number of nitrogens with two attached hydrogens (primary N) is 2. The maximum atomic E-state index is 14.3. The number of ether oxygens (including phenoxy) is 1. The molecule has 3 unspecified atom stereocenters. The Morgan fingerprint density at radius 2 is 0.963 bits per heavy atom. The minimum atomic E-state index is -1.77. The van der Waals surface area contributed by atoms with Gasteiger partial charge in [0.1, 0.15) is 72.2 Å². The Labute approximate surface area is 681 Å². The molecule has 0 radical (unpaired) electrons. The Bertz CT molecular complexity index is 3270. The highest BCUT2D eigenvalue weighted by Gasteiger charge is 2.41. The molecule has 600 valence electrons. The maximum Gasteiger partial charge on any atom is 0.305 e. The number of hydrogen-bond donors (Lipinski definition) is 29. The van der Waals surface area contributed by atoms with Gasteiger partial charge in [0.15, 0.2) is 0 Å². The number of thiol groups is 12. The number of methoxy groups -OCH3 is 1. The van der Waals surface area contributed by atoms with E-state index in [0.717, 1.165) is 18.9 Å². The van der Waals surface area contributed by atoms with E-state index in [9.17, 15) is 92.0 Å². The molecule has 1 saturated heterocycles. The Balaban J connectivity index is 0.0000182. The first-order valence-corrected chi connectivity index (χ1v) is 40.3. The van der Waals surface area contributed by atoms with E-state index in [2.05, 4.69) is 210 Å². The number of primary amides is 1. The number of aliphatic hydroxyl groups excluding tert-OH is 1. The Morgan fingerprint density at radius 1 is 0.542 bits per heavy atom. The fraction of sp³-hybridized carbons (Fsp3) is 0.533. The lowest BCUT2D eigenvalue weighted by molar-refractivity contribution is -0.143. The lowest BCUT2D eigenvalue weighted by Gasteiger charge is -2.30. The van der Waals surface area contributed by atoms with Gasteiger partial charge in [0.2, 0.25) is 82.5 Å². The van der Waals surface area contributed by atoms with Gasteiger partial charge in [0.05, 0.1) is 50.3 Å². The van der Waals surface area contributed by atoms with Crippen LogP contribution in [0.3, 0.4) is 0 Å². The number of hydrazine groups is 1. The Kier molecular flexibility index (Phi) is 52.6. The number of aliphatic hydroxyl groups is 1. The SMILES string of the molecule is COC(=O)CCC(N[C@@H](CS)C(=O)C(=O)[C@H](CS)NN)C(=O)N[C@@H](Cc1ccc(O)cc1)C(=O)N[C@@H](CS)C(=O)N[C@@H](CS)C(=O)N[C@@H](CC(N)=O)C(=O)N1CCC[C@H]1C(=O)NC(C)C(=O)N[C@@H](CS)C(=O)N[C@H](C(=O)NCC(=O)NC(CS)C(=O)N[C@H](C=O)Cc1ccc(O)cc1)[C@@H](C)O.SS.SS.SS. The number of Topliss-reactive ketones (excluding diaryl/α,β-unsaturated/α-hetero) is 2. The molecule has 0 aliphatic carbocycles. The van der Waals surface area contributed by atoms with Crippen LogP contribution in [0.5, 0.6) is 11.5 Å². The molecule has 0 saturated carbocycles. The van der Waals surface area contributed by atoms with Crippen molar-refractivity contribution in [3.8, 4) is 11.5 Å². The maximum absolute atomic E-state index is 14.3. The van der Waals surface area contributed by atoms with Crippen LogP contribution in [-0.2, 0) is 94.3 Å². The van der Waals surface area contributed by atoms with E-state index in [0.29, 0.717) is 17.4 Å². The van der Waals surface area contributed by atoms with Gasteiger partial charge in [0, 0.05) is 53.9 Å². The zero-order valence-electron chi connectivity index (χ0n) is 57.6. The largest absolute Gasteiger partial charge is 0.508 e. The monoisotopic (exact) mass is 1730 g/mol. The van der Waals surface area contributed by atoms with E-state index < -0.39 is 210 Å². The zero-order valence-corrected chi connectivity index (χ0v) is 68.4. The molecule has 47 heteroatoms. The van der Waals surface area contributed by atoms with Gasteiger partial charge in [0.25, 0.3) is 0 Å². The molecule has 0 spiro atoms. The van der Waals surface area contributed by atoms with E-state index in [1.54, 1.807) is 12.1 Å². The van der Waals surface area contributed by atoms with Gasteiger partial charge in [-0.3, -0.25) is 83.1 Å². The molecule has 1 fully saturated rings. The van der Waals surface area contributed by atoms with E-state index >= 15 is 0 Å². The fourth-order valence-corrected chi connectivity index (χ4v) is 11.2. The van der Waals surface area contributed by atoms with Gasteiger partial charge in [-0.05, 0) is 74.9 Å². The second-order valence-electron chi connectivity index (χ2n) is 22.9. The van der Waals surface area contributed by atoms with Gasteiger partial charge in [-0.2, -0.15) is 75.8 Å². The molecule has 19 N–H and O–H groups in total. The minimum absolute atomic E-state index is 0.00830. The van der Waals surface area contributed by atoms with Crippen LogP contribution in [0.25, 0.3) is 0 Å². The van der Waals surface area contributed by atoms with Crippen molar-refractivity contribution in [3.05, 3.63) is 59.7 Å². The van der Waals surface area contributed by atoms with E-state index in [1.165, 1.54) is 43.3 Å². The third kappa shape index (κ3) is 35.8. The van der Waals surface area contributed by atoms with Crippen LogP contribution in [0.2, 0.25) is 0 Å². The molecule has 1 aliphatic rings. The summed E-state index contributed by atoms with van der Waals surface area (Å²) in [5.41, 5.74) is 8.66. The first-order valence-electron chi connectivity index (χ1n) is 31.7. The molecule has 2 aromatic rings. The smallest absolute Gasteiger partial charge is 0.305 e. The van der Waals surface area contributed by atoms with Gasteiger partial charge in [-0.15, -0.1) is 70.0 Å². The summed E-state index contributed by atoms with van der Waals surface area (Å²) in [6, 6.07) is -7.67. The molecular formula is C60H93N15O20S12. The number of aromatic hydroxyl groups is 2. The molecule has 107 heavy (non-hydrogen) atoms. The third-order valence-corrected chi connectivity index (χ3v) is 17.5. The predicted octanol–water partition coefficient (Wildman–Crippen LogP) is -5.06. The molecule has 1 heterocycles. The van der Waals surface area contributed by atoms with Crippen LogP contribution in [0.1, 0.15) is 57.1 Å². The predicted molar refractivity (Wildman–Crippen MR) is 436 cm³/mol. The molecule has 12 amide bonds. The summed E-state index contributed by atoms with van der Waals surface area (Å²) in [6.45, 7) is 1.48. The number of nitrogens with one attached hydrogen (secondary N) is 12. The zero-order chi connectivity index (χ0) is 81.8. The molecular weight excluding hydrogens is 1640 g/mol. The van der Waals surface area contributed by atoms with Gasteiger partial charge >= 0.3 is 5.97 Å². The van der Waals surface area contributed by atoms with Gasteiger partial charge < -0.3 is 88.7 Å². The summed E-state index contributed by atoms with van der Waals surface area (Å²) >= 11 is 44.2.